The second-order valence-corrected chi connectivity index (χ2v) is 7.66. The van der Waals surface area contributed by atoms with Crippen molar-refractivity contribution in [1.82, 2.24) is 0 Å². The van der Waals surface area contributed by atoms with Gasteiger partial charge in [-0.25, -0.2) is 0 Å². The van der Waals surface area contributed by atoms with Crippen LogP contribution in [0.5, 0.6) is 5.75 Å². The van der Waals surface area contributed by atoms with E-state index in [0.29, 0.717) is 12.0 Å². The maximum Gasteiger partial charge on any atom is 0.255 e. The summed E-state index contributed by atoms with van der Waals surface area (Å²) in [7, 11) is 0. The summed E-state index contributed by atoms with van der Waals surface area (Å²) in [4.78, 5) is 37.0. The number of Topliss-reactive ketones (excluding diaryl/α,β-unsaturated/α-hetero) is 2. The van der Waals surface area contributed by atoms with Crippen LogP contribution in [0.15, 0.2) is 29.0 Å². The molecule has 0 saturated heterocycles. The van der Waals surface area contributed by atoms with Crippen LogP contribution in [0.2, 0.25) is 0 Å². The van der Waals surface area contributed by atoms with E-state index in [0.717, 1.165) is 5.56 Å². The number of aliphatic hydroxyl groups is 3. The number of benzene rings is 1. The van der Waals surface area contributed by atoms with E-state index in [-0.39, 0.29) is 29.7 Å². The number of ketones is 2. The molecule has 1 amide bonds. The first-order chi connectivity index (χ1) is 13.1. The van der Waals surface area contributed by atoms with Crippen LogP contribution >= 0.6 is 0 Å². The second kappa shape index (κ2) is 5.68. The summed E-state index contributed by atoms with van der Waals surface area (Å²) < 4.78 is 0. The molecular weight excluding hydrogens is 366 g/mol. The number of carbonyl (C=O) groups is 3. The van der Waals surface area contributed by atoms with Crippen molar-refractivity contribution in [3.8, 4) is 5.75 Å². The highest BCUT2D eigenvalue weighted by Gasteiger charge is 2.60. The summed E-state index contributed by atoms with van der Waals surface area (Å²) in [5, 5.41) is 42.5. The van der Waals surface area contributed by atoms with Crippen LogP contribution < -0.4 is 5.73 Å². The molecule has 8 heteroatoms. The third kappa shape index (κ3) is 2.12. The van der Waals surface area contributed by atoms with E-state index in [1.807, 2.05) is 6.92 Å². The molecule has 0 aromatic heterocycles. The Balaban J connectivity index is 1.95. The van der Waals surface area contributed by atoms with Gasteiger partial charge in [-0.2, -0.15) is 0 Å². The molecule has 3 aliphatic carbocycles. The number of rotatable bonds is 1. The van der Waals surface area contributed by atoms with Crippen LogP contribution in [0, 0.1) is 18.8 Å². The van der Waals surface area contributed by atoms with Crippen molar-refractivity contribution in [2.24, 2.45) is 17.6 Å². The number of primary amides is 1. The lowest BCUT2D eigenvalue weighted by molar-refractivity contribution is -0.147. The predicted octanol–water partition coefficient (Wildman–Crippen LogP) is 0.732. The number of aryl methyl sites for hydroxylation is 1. The summed E-state index contributed by atoms with van der Waals surface area (Å²) in [5.41, 5.74) is 3.33. The molecule has 0 aliphatic heterocycles. The van der Waals surface area contributed by atoms with Crippen molar-refractivity contribution in [2.45, 2.75) is 31.8 Å². The SMILES string of the molecule is Cc1ccc(O)c2c1C[C@H]1C[C@H]3CC(=O)C(C(N)=O)=C(O)[C@@]3(O)C(=O)C1=C2O. The molecule has 1 fully saturated rings. The topological polar surface area (TPSA) is 158 Å². The minimum Gasteiger partial charge on any atom is -0.508 e. The van der Waals surface area contributed by atoms with Gasteiger partial charge in [-0.1, -0.05) is 6.07 Å². The van der Waals surface area contributed by atoms with Crippen molar-refractivity contribution in [3.05, 3.63) is 45.7 Å². The van der Waals surface area contributed by atoms with Gasteiger partial charge in [0.1, 0.15) is 22.8 Å². The molecule has 4 rings (SSSR count). The molecule has 146 valence electrons. The molecule has 0 radical (unpaired) electrons. The fraction of sp³-hybridized carbons (Fsp3) is 0.350. The first kappa shape index (κ1) is 18.2. The Morgan fingerprint density at radius 2 is 1.86 bits per heavy atom. The second-order valence-electron chi connectivity index (χ2n) is 7.66. The van der Waals surface area contributed by atoms with Crippen molar-refractivity contribution >= 4 is 23.2 Å². The Bertz CT molecular complexity index is 1040. The highest BCUT2D eigenvalue weighted by atomic mass is 16.3. The number of carbonyl (C=O) groups excluding carboxylic acids is 3. The lowest BCUT2D eigenvalue weighted by Gasteiger charge is -2.46. The highest BCUT2D eigenvalue weighted by molar-refractivity contribution is 6.22. The Morgan fingerprint density at radius 1 is 1.18 bits per heavy atom. The van der Waals surface area contributed by atoms with Crippen LogP contribution in [-0.4, -0.2) is 43.5 Å². The van der Waals surface area contributed by atoms with Crippen molar-refractivity contribution < 1.29 is 34.8 Å². The Labute approximate surface area is 159 Å². The fourth-order valence-corrected chi connectivity index (χ4v) is 4.78. The van der Waals surface area contributed by atoms with Gasteiger partial charge in [0.05, 0.1) is 5.56 Å². The van der Waals surface area contributed by atoms with Gasteiger partial charge in [-0.3, -0.25) is 14.4 Å². The first-order valence-corrected chi connectivity index (χ1v) is 8.87. The van der Waals surface area contributed by atoms with Crippen molar-refractivity contribution in [1.29, 1.82) is 0 Å². The van der Waals surface area contributed by atoms with Crippen LogP contribution in [0.3, 0.4) is 0 Å². The standard InChI is InChI=1S/C20H19NO7/c1-7-2-3-11(22)14-10(7)5-8-4-9-6-12(23)15(19(21)27)18(26)20(9,28)17(25)13(8)16(14)24/h2-3,8-9,22,24,26,28H,4-6H2,1H3,(H2,21,27)/t8-,9+,20+/m1/s1. The number of nitrogens with two attached hydrogens (primary N) is 1. The molecule has 3 atom stereocenters. The first-order valence-electron chi connectivity index (χ1n) is 8.87. The van der Waals surface area contributed by atoms with Gasteiger partial charge in [-0.15, -0.1) is 0 Å². The Hall–Kier alpha value is -3.13. The highest BCUT2D eigenvalue weighted by Crippen LogP contribution is 2.52. The van der Waals surface area contributed by atoms with E-state index in [2.05, 4.69) is 0 Å². The maximum atomic E-state index is 13.2. The molecule has 6 N–H and O–H groups in total. The number of hydrogen-bond acceptors (Lipinski definition) is 7. The fourth-order valence-electron chi connectivity index (χ4n) is 4.78. The van der Waals surface area contributed by atoms with E-state index in [4.69, 9.17) is 5.73 Å². The third-order valence-electron chi connectivity index (χ3n) is 6.18. The lowest BCUT2D eigenvalue weighted by Crippen LogP contribution is -2.58. The van der Waals surface area contributed by atoms with Gasteiger partial charge in [0.25, 0.3) is 5.91 Å². The number of aromatic hydroxyl groups is 1. The van der Waals surface area contributed by atoms with Crippen molar-refractivity contribution in [2.75, 3.05) is 0 Å². The zero-order valence-electron chi connectivity index (χ0n) is 15.0. The van der Waals surface area contributed by atoms with E-state index in [9.17, 15) is 34.8 Å². The normalized spacial score (nSPS) is 29.4. The average Bonchev–Trinajstić information content (AvgIpc) is 2.61. The number of amides is 1. The number of aliphatic hydroxyl groups excluding tert-OH is 2. The number of phenolic OH excluding ortho intramolecular Hbond substituents is 1. The zero-order chi connectivity index (χ0) is 20.5. The van der Waals surface area contributed by atoms with E-state index in [1.54, 1.807) is 6.07 Å². The van der Waals surface area contributed by atoms with Gasteiger partial charge in [0.15, 0.2) is 11.4 Å². The van der Waals surface area contributed by atoms with Gasteiger partial charge in [0, 0.05) is 17.9 Å². The maximum absolute atomic E-state index is 13.2. The summed E-state index contributed by atoms with van der Waals surface area (Å²) in [6.45, 7) is 1.81. The Morgan fingerprint density at radius 3 is 2.50 bits per heavy atom. The minimum atomic E-state index is -2.52. The van der Waals surface area contributed by atoms with Gasteiger partial charge in [-0.05, 0) is 42.9 Å². The largest absolute Gasteiger partial charge is 0.508 e. The minimum absolute atomic E-state index is 0.118. The van der Waals surface area contributed by atoms with Gasteiger partial charge < -0.3 is 26.2 Å². The predicted molar refractivity (Wildman–Crippen MR) is 96.1 cm³/mol. The summed E-state index contributed by atoms with van der Waals surface area (Å²) in [6.07, 6.45) is 0.146. The van der Waals surface area contributed by atoms with Crippen LogP contribution in [0.25, 0.3) is 5.76 Å². The molecule has 1 aromatic carbocycles. The number of hydrogen-bond donors (Lipinski definition) is 5. The number of fused-ring (bicyclic) bond motifs is 3. The monoisotopic (exact) mass is 385 g/mol. The molecule has 1 aromatic rings. The Kier molecular flexibility index (Phi) is 3.70. The molecule has 0 unspecified atom stereocenters. The molecule has 1 saturated carbocycles. The van der Waals surface area contributed by atoms with Gasteiger partial charge in [0.2, 0.25) is 5.78 Å². The third-order valence-corrected chi connectivity index (χ3v) is 6.18. The molecule has 0 spiro atoms. The zero-order valence-corrected chi connectivity index (χ0v) is 15.0. The van der Waals surface area contributed by atoms with E-state index < -0.39 is 52.0 Å². The molecule has 8 nitrogen and oxygen atoms in total. The van der Waals surface area contributed by atoms with E-state index in [1.165, 1.54) is 6.07 Å². The smallest absolute Gasteiger partial charge is 0.255 e. The van der Waals surface area contributed by atoms with Gasteiger partial charge >= 0.3 is 0 Å². The molecule has 3 aliphatic rings. The summed E-state index contributed by atoms with van der Waals surface area (Å²) in [5.74, 6) is -6.13. The summed E-state index contributed by atoms with van der Waals surface area (Å²) >= 11 is 0. The van der Waals surface area contributed by atoms with Crippen LogP contribution in [0.4, 0.5) is 0 Å². The lowest BCUT2D eigenvalue weighted by atomic mass is 9.59. The molecule has 0 bridgehead atoms. The molecule has 28 heavy (non-hydrogen) atoms. The van der Waals surface area contributed by atoms with Crippen molar-refractivity contribution in [3.63, 3.8) is 0 Å². The number of phenols is 1. The van der Waals surface area contributed by atoms with Crippen LogP contribution in [0.1, 0.15) is 29.5 Å². The van der Waals surface area contributed by atoms with Crippen LogP contribution in [-0.2, 0) is 20.8 Å². The molecule has 0 heterocycles. The summed E-state index contributed by atoms with van der Waals surface area (Å²) in [6, 6.07) is 3.10. The average molecular weight is 385 g/mol. The van der Waals surface area contributed by atoms with E-state index >= 15 is 0 Å². The quantitative estimate of drug-likeness (QED) is 0.446. The molecular formula is C20H19NO7.